The van der Waals surface area contributed by atoms with Gasteiger partial charge in [-0.1, -0.05) is 36.4 Å². The van der Waals surface area contributed by atoms with Crippen molar-refractivity contribution < 1.29 is 2.74 Å². The summed E-state index contributed by atoms with van der Waals surface area (Å²) in [5.41, 5.74) is 0. The second-order valence-electron chi connectivity index (χ2n) is 2.93. The van der Waals surface area contributed by atoms with E-state index in [9.17, 15) is 0 Å². The van der Waals surface area contributed by atoms with Crippen LogP contribution in [0, 0.1) is 0 Å². The summed E-state index contributed by atoms with van der Waals surface area (Å²) >= 11 is 1.54. The van der Waals surface area contributed by atoms with Crippen LogP contribution in [0.4, 0.5) is 0 Å². The van der Waals surface area contributed by atoms with E-state index in [0.717, 1.165) is 20.2 Å². The first-order chi connectivity index (χ1) is 7.27. The fraction of sp³-hybridized carbons (Fsp3) is 0. The maximum atomic E-state index is 7.82. The molecule has 0 bridgehead atoms. The monoisotopic (exact) mass is 186 g/mol. The molecule has 0 amide bonds. The molecule has 0 unspecified atom stereocenters. The van der Waals surface area contributed by atoms with Crippen molar-refractivity contribution in [2.24, 2.45) is 0 Å². The molecule has 0 saturated heterocycles. The molecule has 0 spiro atoms. The molecule has 0 nitrogen and oxygen atoms in total. The summed E-state index contributed by atoms with van der Waals surface area (Å²) in [6, 6.07) is 12.5. The molecule has 0 radical (unpaired) electrons. The van der Waals surface area contributed by atoms with Crippen LogP contribution in [0.25, 0.3) is 20.2 Å². The highest BCUT2D eigenvalue weighted by Gasteiger charge is 2.01. The Morgan fingerprint density at radius 2 is 1.38 bits per heavy atom. The molecule has 1 aromatic heterocycles. The van der Waals surface area contributed by atoms with E-state index in [4.69, 9.17) is 2.74 Å². The van der Waals surface area contributed by atoms with Gasteiger partial charge in [0.15, 0.2) is 0 Å². The number of benzene rings is 2. The first-order valence-corrected chi connectivity index (χ1v) is 4.96. The summed E-state index contributed by atoms with van der Waals surface area (Å²) in [6.45, 7) is 0. The van der Waals surface area contributed by atoms with Gasteiger partial charge < -0.3 is 0 Å². The van der Waals surface area contributed by atoms with Gasteiger partial charge >= 0.3 is 0 Å². The first kappa shape index (κ1) is 5.40. The molecular formula is C12H8S. The molecule has 0 fully saturated rings. The Bertz CT molecular complexity index is 599. The molecule has 3 rings (SSSR count). The van der Waals surface area contributed by atoms with Crippen LogP contribution in [0.15, 0.2) is 48.5 Å². The van der Waals surface area contributed by atoms with E-state index in [-0.39, 0.29) is 0 Å². The predicted molar refractivity (Wildman–Crippen MR) is 59.3 cm³/mol. The average Bonchev–Trinajstić information content (AvgIpc) is 2.60. The highest BCUT2D eigenvalue weighted by atomic mass is 32.1. The second-order valence-corrected chi connectivity index (χ2v) is 3.95. The van der Waals surface area contributed by atoms with Crippen molar-refractivity contribution in [1.29, 1.82) is 0 Å². The fourth-order valence-corrected chi connectivity index (χ4v) is 2.57. The minimum Gasteiger partial charge on any atom is -0.135 e. The fourth-order valence-electron chi connectivity index (χ4n) is 1.54. The third kappa shape index (κ3) is 0.973. The van der Waals surface area contributed by atoms with E-state index in [0.29, 0.717) is 12.1 Å². The largest absolute Gasteiger partial charge is 0.135 e. The maximum Gasteiger partial charge on any atom is 0.0638 e. The van der Waals surface area contributed by atoms with Crippen LogP contribution in [-0.4, -0.2) is 0 Å². The lowest BCUT2D eigenvalue weighted by molar-refractivity contribution is 1.84. The molecule has 62 valence electrons. The van der Waals surface area contributed by atoms with E-state index in [1.807, 2.05) is 24.3 Å². The number of hydrogen-bond acceptors (Lipinski definition) is 1. The lowest BCUT2D eigenvalue weighted by Crippen LogP contribution is -1.62. The summed E-state index contributed by atoms with van der Waals surface area (Å²) in [5, 5.41) is 2.19. The molecule has 13 heavy (non-hydrogen) atoms. The van der Waals surface area contributed by atoms with E-state index in [2.05, 4.69) is 0 Å². The molecule has 0 saturated carbocycles. The Balaban J connectivity index is 2.63. The molecule has 0 aliphatic rings. The third-order valence-electron chi connectivity index (χ3n) is 2.13. The molecule has 1 heteroatoms. The summed E-state index contributed by atoms with van der Waals surface area (Å²) in [7, 11) is 0. The minimum absolute atomic E-state index is 0.549. The van der Waals surface area contributed by atoms with Gasteiger partial charge in [0.1, 0.15) is 0 Å². The van der Waals surface area contributed by atoms with Crippen LogP contribution in [0.1, 0.15) is 2.74 Å². The molecule has 3 aromatic rings. The van der Waals surface area contributed by atoms with Gasteiger partial charge in [-0.2, -0.15) is 0 Å². The summed E-state index contributed by atoms with van der Waals surface area (Å²) < 4.78 is 17.6. The van der Waals surface area contributed by atoms with Crippen LogP contribution in [0.5, 0.6) is 0 Å². The Morgan fingerprint density at radius 1 is 0.846 bits per heavy atom. The van der Waals surface area contributed by atoms with Gasteiger partial charge in [-0.3, -0.25) is 0 Å². The number of rotatable bonds is 0. The SMILES string of the molecule is [2H]c1cccc2c1sc1c([2H])cccc12. The topological polar surface area (TPSA) is 0 Å². The van der Waals surface area contributed by atoms with Gasteiger partial charge in [0.25, 0.3) is 0 Å². The average molecular weight is 186 g/mol. The number of thiophene rings is 1. The summed E-state index contributed by atoms with van der Waals surface area (Å²) in [5.74, 6) is 0. The van der Waals surface area contributed by atoms with E-state index < -0.39 is 0 Å². The third-order valence-corrected chi connectivity index (χ3v) is 3.21. The van der Waals surface area contributed by atoms with Crippen molar-refractivity contribution in [3.8, 4) is 0 Å². The molecule has 1 heterocycles. The molecule has 2 aromatic carbocycles. The molecule has 0 aliphatic carbocycles. The van der Waals surface area contributed by atoms with E-state index >= 15 is 0 Å². The van der Waals surface area contributed by atoms with Crippen LogP contribution < -0.4 is 0 Å². The molecule has 0 aliphatic heterocycles. The van der Waals surface area contributed by atoms with Crippen molar-refractivity contribution in [3.63, 3.8) is 0 Å². The molecule has 0 N–H and O–H groups in total. The van der Waals surface area contributed by atoms with Crippen LogP contribution >= 0.6 is 11.3 Å². The Labute approximate surface area is 83.2 Å². The predicted octanol–water partition coefficient (Wildman–Crippen LogP) is 4.05. The lowest BCUT2D eigenvalue weighted by Gasteiger charge is -1.88. The van der Waals surface area contributed by atoms with Gasteiger partial charge in [0.2, 0.25) is 0 Å². The van der Waals surface area contributed by atoms with Crippen molar-refractivity contribution in [2.45, 2.75) is 0 Å². The summed E-state index contributed by atoms with van der Waals surface area (Å²) in [4.78, 5) is 0. The standard InChI is InChI=1S/C12H8S/c1-3-7-11-9(5-1)10-6-2-4-8-12(10)13-11/h1-8H/i7D,8D. The Hall–Kier alpha value is -1.34. The van der Waals surface area contributed by atoms with E-state index in [1.54, 1.807) is 12.1 Å². The maximum absolute atomic E-state index is 7.82. The van der Waals surface area contributed by atoms with Gasteiger partial charge in [-0.05, 0) is 12.1 Å². The van der Waals surface area contributed by atoms with Crippen molar-refractivity contribution in [2.75, 3.05) is 0 Å². The first-order valence-electron chi connectivity index (χ1n) is 5.15. The smallest absolute Gasteiger partial charge is 0.0638 e. The van der Waals surface area contributed by atoms with Crippen molar-refractivity contribution >= 4 is 31.5 Å². The van der Waals surface area contributed by atoms with Crippen LogP contribution in [0.3, 0.4) is 0 Å². The van der Waals surface area contributed by atoms with Crippen LogP contribution in [0.2, 0.25) is 0 Å². The lowest BCUT2D eigenvalue weighted by atomic mass is 10.2. The van der Waals surface area contributed by atoms with Crippen LogP contribution in [-0.2, 0) is 0 Å². The van der Waals surface area contributed by atoms with Gasteiger partial charge in [0, 0.05) is 20.2 Å². The zero-order chi connectivity index (χ0) is 10.4. The van der Waals surface area contributed by atoms with Crippen molar-refractivity contribution in [3.05, 3.63) is 48.5 Å². The highest BCUT2D eigenvalue weighted by molar-refractivity contribution is 7.25. The molecule has 0 atom stereocenters. The van der Waals surface area contributed by atoms with Gasteiger partial charge in [0.05, 0.1) is 2.74 Å². The highest BCUT2D eigenvalue weighted by Crippen LogP contribution is 2.32. The van der Waals surface area contributed by atoms with E-state index in [1.165, 1.54) is 11.3 Å². The molecular weight excluding hydrogens is 176 g/mol. The normalized spacial score (nSPS) is 13.2. The number of fused-ring (bicyclic) bond motifs is 3. The Kier molecular flexibility index (Phi) is 1.07. The zero-order valence-electron chi connectivity index (χ0n) is 8.87. The van der Waals surface area contributed by atoms with Gasteiger partial charge in [-0.25, -0.2) is 0 Å². The second kappa shape index (κ2) is 2.57. The quantitative estimate of drug-likeness (QED) is 0.496. The zero-order valence-corrected chi connectivity index (χ0v) is 7.69. The van der Waals surface area contributed by atoms with Crippen molar-refractivity contribution in [1.82, 2.24) is 0 Å². The Morgan fingerprint density at radius 3 is 1.92 bits per heavy atom. The summed E-state index contributed by atoms with van der Waals surface area (Å²) in [6.07, 6.45) is 0. The number of hydrogen-bond donors (Lipinski definition) is 0. The minimum atomic E-state index is 0.549. The van der Waals surface area contributed by atoms with Gasteiger partial charge in [-0.15, -0.1) is 11.3 Å².